The lowest BCUT2D eigenvalue weighted by Crippen LogP contribution is -2.34. The van der Waals surface area contributed by atoms with Gasteiger partial charge in [-0.3, -0.25) is 0 Å². The standard InChI is InChI=1S/C38H74O5/c1-3-5-7-9-11-13-15-17-19-21-23-25-27-29-31-41-35-37(33-39)43-38(34-40)36-42-32-30-28-26-24-22-20-18-16-14-12-10-8-6-4-2/h13-16,37-40H,3-12,17-36H2,1-2H3/b15-13-,16-14-. The third-order valence-electron chi connectivity index (χ3n) is 8.00. The zero-order valence-electron chi connectivity index (χ0n) is 28.8. The number of ether oxygens (including phenoxy) is 3. The van der Waals surface area contributed by atoms with Gasteiger partial charge in [0.25, 0.3) is 0 Å². The second kappa shape index (κ2) is 37.5. The SMILES string of the molecule is CCCCCC/C=C\CCCCCCCCOCC(CO)OC(CO)COCCCCCCCC/C=C\CCCCCC. The van der Waals surface area contributed by atoms with Crippen LogP contribution in [0.25, 0.3) is 0 Å². The lowest BCUT2D eigenvalue weighted by Gasteiger charge is -2.22. The minimum absolute atomic E-state index is 0.113. The van der Waals surface area contributed by atoms with Crippen LogP contribution in [0.4, 0.5) is 0 Å². The molecule has 0 spiro atoms. The van der Waals surface area contributed by atoms with E-state index in [9.17, 15) is 10.2 Å². The van der Waals surface area contributed by atoms with Crippen LogP contribution in [-0.2, 0) is 14.2 Å². The van der Waals surface area contributed by atoms with Crippen LogP contribution in [0.3, 0.4) is 0 Å². The highest BCUT2D eigenvalue weighted by molar-refractivity contribution is 4.82. The first-order chi connectivity index (χ1) is 21.3. The van der Waals surface area contributed by atoms with Crippen molar-refractivity contribution in [3.8, 4) is 0 Å². The van der Waals surface area contributed by atoms with Gasteiger partial charge in [0.2, 0.25) is 0 Å². The van der Waals surface area contributed by atoms with Crippen molar-refractivity contribution >= 4 is 0 Å². The summed E-state index contributed by atoms with van der Waals surface area (Å²) in [5.41, 5.74) is 0. The molecule has 0 amide bonds. The van der Waals surface area contributed by atoms with Gasteiger partial charge in [-0.2, -0.15) is 0 Å². The van der Waals surface area contributed by atoms with Gasteiger partial charge >= 0.3 is 0 Å². The normalized spacial score (nSPS) is 13.5. The number of aliphatic hydroxyl groups is 2. The highest BCUT2D eigenvalue weighted by atomic mass is 16.6. The topological polar surface area (TPSA) is 68.2 Å². The molecule has 2 N–H and O–H groups in total. The van der Waals surface area contributed by atoms with Crippen LogP contribution in [0, 0.1) is 0 Å². The molecule has 43 heavy (non-hydrogen) atoms. The predicted octanol–water partition coefficient (Wildman–Crippen LogP) is 10.3. The van der Waals surface area contributed by atoms with Crippen molar-refractivity contribution in [2.24, 2.45) is 0 Å². The summed E-state index contributed by atoms with van der Waals surface area (Å²) in [5, 5.41) is 19.3. The second-order valence-electron chi connectivity index (χ2n) is 12.4. The maximum absolute atomic E-state index is 9.67. The molecule has 2 unspecified atom stereocenters. The summed E-state index contributed by atoms with van der Waals surface area (Å²) < 4.78 is 17.3. The molecule has 2 atom stereocenters. The lowest BCUT2D eigenvalue weighted by molar-refractivity contribution is -0.115. The number of allylic oxidation sites excluding steroid dienone is 4. The molecular weight excluding hydrogens is 536 g/mol. The Morgan fingerprint density at radius 1 is 0.419 bits per heavy atom. The van der Waals surface area contributed by atoms with Crippen molar-refractivity contribution in [3.05, 3.63) is 24.3 Å². The molecule has 0 aromatic rings. The Morgan fingerprint density at radius 2 is 0.721 bits per heavy atom. The summed E-state index contributed by atoms with van der Waals surface area (Å²) in [4.78, 5) is 0. The van der Waals surface area contributed by atoms with Crippen LogP contribution in [0.2, 0.25) is 0 Å². The van der Waals surface area contributed by atoms with Gasteiger partial charge in [0.15, 0.2) is 0 Å². The van der Waals surface area contributed by atoms with Crippen LogP contribution >= 0.6 is 0 Å². The molecule has 5 heteroatoms. The Hall–Kier alpha value is -0.720. The third kappa shape index (κ3) is 34.0. The van der Waals surface area contributed by atoms with Crippen molar-refractivity contribution in [2.75, 3.05) is 39.6 Å². The van der Waals surface area contributed by atoms with Gasteiger partial charge in [0.1, 0.15) is 12.2 Å². The third-order valence-corrected chi connectivity index (χ3v) is 8.00. The van der Waals surface area contributed by atoms with Crippen LogP contribution in [-0.4, -0.2) is 62.1 Å². The molecule has 0 aliphatic carbocycles. The maximum Gasteiger partial charge on any atom is 0.104 e. The number of hydrogen-bond donors (Lipinski definition) is 2. The van der Waals surface area contributed by atoms with Gasteiger partial charge in [-0.15, -0.1) is 0 Å². The summed E-state index contributed by atoms with van der Waals surface area (Å²) in [6, 6.07) is 0. The zero-order chi connectivity index (χ0) is 31.3. The molecular formula is C38H74O5. The molecule has 0 saturated heterocycles. The second-order valence-corrected chi connectivity index (χ2v) is 12.4. The molecule has 0 bridgehead atoms. The molecule has 0 radical (unpaired) electrons. The largest absolute Gasteiger partial charge is 0.394 e. The van der Waals surface area contributed by atoms with E-state index in [1.54, 1.807) is 0 Å². The highest BCUT2D eigenvalue weighted by Gasteiger charge is 2.16. The van der Waals surface area contributed by atoms with E-state index >= 15 is 0 Å². The first-order valence-electron chi connectivity index (χ1n) is 18.6. The van der Waals surface area contributed by atoms with Gasteiger partial charge in [-0.1, -0.05) is 128 Å². The molecule has 5 nitrogen and oxygen atoms in total. The number of unbranched alkanes of at least 4 members (excludes halogenated alkanes) is 20. The molecule has 0 heterocycles. The minimum atomic E-state index is -0.420. The van der Waals surface area contributed by atoms with Crippen LogP contribution in [0.5, 0.6) is 0 Å². The molecule has 0 aliphatic rings. The van der Waals surface area contributed by atoms with E-state index in [0.717, 1.165) is 12.8 Å². The molecule has 0 fully saturated rings. The Labute approximate surface area is 268 Å². The van der Waals surface area contributed by atoms with E-state index in [0.29, 0.717) is 26.4 Å². The summed E-state index contributed by atoms with van der Waals surface area (Å²) in [6.45, 7) is 6.39. The van der Waals surface area contributed by atoms with Crippen molar-refractivity contribution < 1.29 is 24.4 Å². The van der Waals surface area contributed by atoms with Crippen molar-refractivity contribution in [3.63, 3.8) is 0 Å². The Bertz CT molecular complexity index is 517. The number of hydrogen-bond acceptors (Lipinski definition) is 5. The Morgan fingerprint density at radius 3 is 1.05 bits per heavy atom. The van der Waals surface area contributed by atoms with Gasteiger partial charge in [0.05, 0.1) is 26.4 Å². The highest BCUT2D eigenvalue weighted by Crippen LogP contribution is 2.11. The van der Waals surface area contributed by atoms with Crippen LogP contribution in [0.15, 0.2) is 24.3 Å². The molecule has 0 aromatic heterocycles. The van der Waals surface area contributed by atoms with E-state index in [1.165, 1.54) is 141 Å². The van der Waals surface area contributed by atoms with E-state index < -0.39 is 12.2 Å². The monoisotopic (exact) mass is 611 g/mol. The first-order valence-corrected chi connectivity index (χ1v) is 18.6. The minimum Gasteiger partial charge on any atom is -0.394 e. The Kier molecular flexibility index (Phi) is 36.8. The van der Waals surface area contributed by atoms with Gasteiger partial charge in [0, 0.05) is 13.2 Å². The van der Waals surface area contributed by atoms with Gasteiger partial charge in [-0.25, -0.2) is 0 Å². The van der Waals surface area contributed by atoms with E-state index in [4.69, 9.17) is 14.2 Å². The molecule has 0 saturated carbocycles. The summed E-state index contributed by atoms with van der Waals surface area (Å²) >= 11 is 0. The molecule has 0 rings (SSSR count). The summed E-state index contributed by atoms with van der Waals surface area (Å²) in [5.74, 6) is 0. The van der Waals surface area contributed by atoms with Gasteiger partial charge < -0.3 is 24.4 Å². The smallest absolute Gasteiger partial charge is 0.104 e. The fraction of sp³-hybridized carbons (Fsp3) is 0.895. The predicted molar refractivity (Wildman–Crippen MR) is 185 cm³/mol. The van der Waals surface area contributed by atoms with Gasteiger partial charge in [-0.05, 0) is 64.2 Å². The number of rotatable bonds is 36. The first kappa shape index (κ1) is 42.3. The van der Waals surface area contributed by atoms with E-state index in [-0.39, 0.29) is 13.2 Å². The summed E-state index contributed by atoms with van der Waals surface area (Å²) in [7, 11) is 0. The van der Waals surface area contributed by atoms with Crippen LogP contribution in [0.1, 0.15) is 168 Å². The van der Waals surface area contributed by atoms with Crippen LogP contribution < -0.4 is 0 Å². The van der Waals surface area contributed by atoms with E-state index in [1.807, 2.05) is 0 Å². The van der Waals surface area contributed by atoms with Crippen molar-refractivity contribution in [2.45, 2.75) is 180 Å². The molecule has 0 aromatic carbocycles. The van der Waals surface area contributed by atoms with E-state index in [2.05, 4.69) is 38.2 Å². The maximum atomic E-state index is 9.67. The fourth-order valence-corrected chi connectivity index (χ4v) is 5.17. The summed E-state index contributed by atoms with van der Waals surface area (Å²) in [6.07, 6.45) is 39.1. The average molecular weight is 611 g/mol. The average Bonchev–Trinajstić information content (AvgIpc) is 3.02. The molecule has 0 aliphatic heterocycles. The lowest BCUT2D eigenvalue weighted by atomic mass is 10.1. The van der Waals surface area contributed by atoms with Crippen molar-refractivity contribution in [1.29, 1.82) is 0 Å². The fourth-order valence-electron chi connectivity index (χ4n) is 5.17. The quantitative estimate of drug-likeness (QED) is 0.0546. The number of aliphatic hydroxyl groups excluding tert-OH is 2. The Balaban J connectivity index is 3.55. The molecule has 256 valence electrons. The van der Waals surface area contributed by atoms with Crippen molar-refractivity contribution in [1.82, 2.24) is 0 Å². The zero-order valence-corrected chi connectivity index (χ0v) is 28.8.